The van der Waals surface area contributed by atoms with Gasteiger partial charge in [0.2, 0.25) is 10.0 Å². The van der Waals surface area contributed by atoms with Gasteiger partial charge in [-0.2, -0.15) is 4.72 Å². The van der Waals surface area contributed by atoms with Crippen LogP contribution in [-0.2, 0) is 10.0 Å². The van der Waals surface area contributed by atoms with Gasteiger partial charge in [0.1, 0.15) is 5.75 Å². The molecule has 2 aromatic rings. The second kappa shape index (κ2) is 10.3. The van der Waals surface area contributed by atoms with Crippen LogP contribution in [0.1, 0.15) is 27.1 Å². The molecule has 0 aliphatic heterocycles. The van der Waals surface area contributed by atoms with Crippen molar-refractivity contribution in [3.05, 3.63) is 59.7 Å². The van der Waals surface area contributed by atoms with Gasteiger partial charge < -0.3 is 15.7 Å². The number of aromatic hydroxyl groups is 1. The van der Waals surface area contributed by atoms with E-state index in [2.05, 4.69) is 21.3 Å². The molecule has 0 aliphatic carbocycles. The Labute approximate surface area is 169 Å². The predicted octanol–water partition coefficient (Wildman–Crippen LogP) is 0.854. The van der Waals surface area contributed by atoms with Crippen LogP contribution in [0.25, 0.3) is 0 Å². The predicted molar refractivity (Wildman–Crippen MR) is 108 cm³/mol. The molecule has 0 radical (unpaired) electrons. The van der Waals surface area contributed by atoms with E-state index in [1.54, 1.807) is 12.1 Å². The summed E-state index contributed by atoms with van der Waals surface area (Å²) < 4.78 is 26.4. The fourth-order valence-corrected chi connectivity index (χ4v) is 3.35. The maximum absolute atomic E-state index is 12.2. The van der Waals surface area contributed by atoms with Crippen molar-refractivity contribution in [2.45, 2.75) is 11.3 Å². The number of hydrogen-bond acceptors (Lipinski definition) is 5. The fourth-order valence-electron chi connectivity index (χ4n) is 2.37. The van der Waals surface area contributed by atoms with Crippen molar-refractivity contribution in [2.24, 2.45) is 0 Å². The zero-order chi connectivity index (χ0) is 21.3. The van der Waals surface area contributed by atoms with Gasteiger partial charge in [0.05, 0.1) is 11.4 Å². The molecule has 8 nitrogen and oxygen atoms in total. The second-order valence-electron chi connectivity index (χ2n) is 5.97. The molecule has 0 atom stereocenters. The molecule has 0 unspecified atom stereocenters. The molecule has 29 heavy (non-hydrogen) atoms. The van der Waals surface area contributed by atoms with Crippen molar-refractivity contribution in [2.75, 3.05) is 19.6 Å². The molecule has 0 aliphatic rings. The van der Waals surface area contributed by atoms with Gasteiger partial charge in [-0.25, -0.2) is 8.42 Å². The molecule has 0 saturated heterocycles. The van der Waals surface area contributed by atoms with Crippen LogP contribution in [0.2, 0.25) is 0 Å². The van der Waals surface area contributed by atoms with Crippen LogP contribution in [0.3, 0.4) is 0 Å². The largest absolute Gasteiger partial charge is 0.508 e. The van der Waals surface area contributed by atoms with E-state index in [-0.39, 0.29) is 35.2 Å². The zero-order valence-electron chi connectivity index (χ0n) is 15.5. The molecule has 0 saturated carbocycles. The smallest absolute Gasteiger partial charge is 0.251 e. The van der Waals surface area contributed by atoms with Crippen LogP contribution >= 0.6 is 0 Å². The van der Waals surface area contributed by atoms with Crippen LogP contribution in [0.4, 0.5) is 0 Å². The topological polar surface area (TPSA) is 125 Å². The third kappa shape index (κ3) is 6.64. The van der Waals surface area contributed by atoms with E-state index < -0.39 is 15.9 Å². The molecule has 0 aromatic heterocycles. The number of nitrogens with one attached hydrogen (secondary N) is 3. The van der Waals surface area contributed by atoms with Crippen molar-refractivity contribution in [3.63, 3.8) is 0 Å². The minimum Gasteiger partial charge on any atom is -0.508 e. The summed E-state index contributed by atoms with van der Waals surface area (Å²) in [6, 6.07) is 11.6. The number of carbonyl (C=O) groups is 2. The molecule has 0 spiro atoms. The Morgan fingerprint density at radius 1 is 0.966 bits per heavy atom. The monoisotopic (exact) mass is 415 g/mol. The van der Waals surface area contributed by atoms with E-state index in [0.29, 0.717) is 18.5 Å². The molecule has 4 N–H and O–H groups in total. The highest BCUT2D eigenvalue weighted by Gasteiger charge is 2.15. The van der Waals surface area contributed by atoms with Crippen molar-refractivity contribution in [1.82, 2.24) is 15.4 Å². The minimum atomic E-state index is -3.78. The summed E-state index contributed by atoms with van der Waals surface area (Å²) in [4.78, 5) is 24.1. The zero-order valence-corrected chi connectivity index (χ0v) is 16.3. The van der Waals surface area contributed by atoms with E-state index in [0.717, 1.165) is 0 Å². The summed E-state index contributed by atoms with van der Waals surface area (Å²) in [5, 5.41) is 14.7. The SMILES string of the molecule is C#CCNS(=O)(=O)c1cccc(C(=O)NCCCNC(=O)c2cccc(O)c2)c1. The van der Waals surface area contributed by atoms with Gasteiger partial charge in [-0.05, 0) is 42.8 Å². The van der Waals surface area contributed by atoms with Crippen LogP contribution in [0.5, 0.6) is 5.75 Å². The van der Waals surface area contributed by atoms with Crippen LogP contribution in [-0.4, -0.2) is 45.0 Å². The number of phenols is 1. The lowest BCUT2D eigenvalue weighted by Crippen LogP contribution is -2.30. The summed E-state index contributed by atoms with van der Waals surface area (Å²) in [5.74, 6) is 1.42. The van der Waals surface area contributed by atoms with E-state index in [4.69, 9.17) is 6.42 Å². The van der Waals surface area contributed by atoms with E-state index in [1.165, 1.54) is 36.4 Å². The average molecular weight is 415 g/mol. The first kappa shape index (κ1) is 21.9. The lowest BCUT2D eigenvalue weighted by atomic mass is 10.2. The Kier molecular flexibility index (Phi) is 7.77. The summed E-state index contributed by atoms with van der Waals surface area (Å²) in [6.07, 6.45) is 5.52. The Balaban J connectivity index is 1.82. The highest BCUT2D eigenvalue weighted by atomic mass is 32.2. The Morgan fingerprint density at radius 3 is 2.14 bits per heavy atom. The summed E-state index contributed by atoms with van der Waals surface area (Å²) in [5.41, 5.74) is 0.530. The average Bonchev–Trinajstić information content (AvgIpc) is 2.72. The van der Waals surface area contributed by atoms with Gasteiger partial charge in [-0.1, -0.05) is 18.1 Å². The first-order valence-electron chi connectivity index (χ1n) is 8.72. The highest BCUT2D eigenvalue weighted by Crippen LogP contribution is 2.12. The Morgan fingerprint density at radius 2 is 1.55 bits per heavy atom. The first-order valence-corrected chi connectivity index (χ1v) is 10.2. The van der Waals surface area contributed by atoms with Gasteiger partial charge in [0, 0.05) is 24.2 Å². The Hall–Kier alpha value is -3.35. The molecule has 2 amide bonds. The fraction of sp³-hybridized carbons (Fsp3) is 0.200. The number of phenolic OH excluding ortho intramolecular Hbond substituents is 1. The van der Waals surface area contributed by atoms with Gasteiger partial charge >= 0.3 is 0 Å². The van der Waals surface area contributed by atoms with Crippen molar-refractivity contribution >= 4 is 21.8 Å². The van der Waals surface area contributed by atoms with Crippen molar-refractivity contribution in [1.29, 1.82) is 0 Å². The van der Waals surface area contributed by atoms with E-state index >= 15 is 0 Å². The first-order chi connectivity index (χ1) is 13.8. The quantitative estimate of drug-likeness (QED) is 0.357. The molecule has 2 rings (SSSR count). The number of carbonyl (C=O) groups excluding carboxylic acids is 2. The van der Waals surface area contributed by atoms with Crippen LogP contribution in [0, 0.1) is 12.3 Å². The summed E-state index contributed by atoms with van der Waals surface area (Å²) in [7, 11) is -3.78. The third-order valence-corrected chi connectivity index (χ3v) is 5.20. The lowest BCUT2D eigenvalue weighted by Gasteiger charge is -2.09. The van der Waals surface area contributed by atoms with Gasteiger partial charge in [-0.15, -0.1) is 6.42 Å². The normalized spacial score (nSPS) is 10.7. The third-order valence-electron chi connectivity index (χ3n) is 3.80. The minimum absolute atomic E-state index is 0.00338. The molecular formula is C20H21N3O5S. The summed E-state index contributed by atoms with van der Waals surface area (Å²) in [6.45, 7) is 0.456. The Bertz CT molecular complexity index is 1030. The maximum atomic E-state index is 12.2. The molecule has 152 valence electrons. The number of benzene rings is 2. The summed E-state index contributed by atoms with van der Waals surface area (Å²) >= 11 is 0. The van der Waals surface area contributed by atoms with Crippen LogP contribution in [0.15, 0.2) is 53.4 Å². The number of hydrogen-bond donors (Lipinski definition) is 4. The van der Waals surface area contributed by atoms with Gasteiger partial charge in [0.15, 0.2) is 0 Å². The molecule has 2 aromatic carbocycles. The van der Waals surface area contributed by atoms with E-state index in [9.17, 15) is 23.1 Å². The number of rotatable bonds is 9. The standard InChI is InChI=1S/C20H21N3O5S/c1-2-10-23-29(27,28)18-9-4-7-16(14-18)20(26)22-12-5-11-21-19(25)15-6-3-8-17(24)13-15/h1,3-4,6-9,13-14,23-24H,5,10-12H2,(H,21,25)(H,22,26). The van der Waals surface area contributed by atoms with Crippen molar-refractivity contribution in [3.8, 4) is 18.1 Å². The lowest BCUT2D eigenvalue weighted by molar-refractivity contribution is 0.0951. The second-order valence-corrected chi connectivity index (χ2v) is 7.74. The number of sulfonamides is 1. The maximum Gasteiger partial charge on any atom is 0.251 e. The number of terminal acetylenes is 1. The highest BCUT2D eigenvalue weighted by molar-refractivity contribution is 7.89. The number of amides is 2. The molecular weight excluding hydrogens is 394 g/mol. The molecule has 0 fully saturated rings. The molecule has 0 bridgehead atoms. The molecule has 0 heterocycles. The van der Waals surface area contributed by atoms with Crippen LogP contribution < -0.4 is 15.4 Å². The van der Waals surface area contributed by atoms with Crippen molar-refractivity contribution < 1.29 is 23.1 Å². The van der Waals surface area contributed by atoms with E-state index in [1.807, 2.05) is 0 Å². The van der Waals surface area contributed by atoms with Gasteiger partial charge in [-0.3, -0.25) is 9.59 Å². The van der Waals surface area contributed by atoms with Gasteiger partial charge in [0.25, 0.3) is 11.8 Å². The molecule has 9 heteroatoms.